The number of aryl methyl sites for hydroxylation is 1. The van der Waals surface area contributed by atoms with Crippen molar-refractivity contribution in [3.05, 3.63) is 52.8 Å². The maximum atomic E-state index is 9.76. The molecule has 1 aliphatic heterocycles. The molecule has 1 fully saturated rings. The van der Waals surface area contributed by atoms with Crippen molar-refractivity contribution in [2.24, 2.45) is 7.05 Å². The molecular weight excluding hydrogens is 274 g/mol. The van der Waals surface area contributed by atoms with Gasteiger partial charge >= 0.3 is 0 Å². The first kappa shape index (κ1) is 13.6. The summed E-state index contributed by atoms with van der Waals surface area (Å²) in [6, 6.07) is 10.2. The minimum Gasteiger partial charge on any atom is -0.395 e. The van der Waals surface area contributed by atoms with Gasteiger partial charge in [0.2, 0.25) is 0 Å². The Labute approximate surface area is 123 Å². The van der Waals surface area contributed by atoms with E-state index in [1.54, 1.807) is 4.68 Å². The number of hydrogen-bond acceptors (Lipinski definition) is 3. The number of benzene rings is 1. The molecule has 0 atom stereocenters. The Morgan fingerprint density at radius 2 is 2.00 bits per heavy atom. The summed E-state index contributed by atoms with van der Waals surface area (Å²) in [4.78, 5) is 2.28. The lowest BCUT2D eigenvalue weighted by Gasteiger charge is -2.49. The van der Waals surface area contributed by atoms with Gasteiger partial charge in [-0.3, -0.25) is 9.58 Å². The number of nitrogens with zero attached hydrogens (tertiary/aromatic N) is 3. The molecule has 0 radical (unpaired) electrons. The van der Waals surface area contributed by atoms with Gasteiger partial charge in [0.15, 0.2) is 0 Å². The fraction of sp³-hybridized carbons (Fsp3) is 0.400. The van der Waals surface area contributed by atoms with Gasteiger partial charge in [0.25, 0.3) is 0 Å². The van der Waals surface area contributed by atoms with E-state index in [1.165, 1.54) is 5.56 Å². The van der Waals surface area contributed by atoms with Gasteiger partial charge in [-0.15, -0.1) is 0 Å². The smallest absolute Gasteiger partial charge is 0.131 e. The Hall–Kier alpha value is -1.36. The van der Waals surface area contributed by atoms with Crippen LogP contribution in [0.15, 0.2) is 36.5 Å². The maximum absolute atomic E-state index is 9.76. The van der Waals surface area contributed by atoms with Crippen LogP contribution >= 0.6 is 11.6 Å². The average molecular weight is 292 g/mol. The van der Waals surface area contributed by atoms with Gasteiger partial charge in [0.1, 0.15) is 5.15 Å². The molecule has 1 aromatic heterocycles. The summed E-state index contributed by atoms with van der Waals surface area (Å²) in [6.45, 7) is 2.65. The van der Waals surface area contributed by atoms with Crippen LogP contribution in [0.4, 0.5) is 0 Å². The molecule has 1 N–H and O–H groups in total. The number of likely N-dealkylation sites (tertiary alicyclic amines) is 1. The number of aliphatic hydroxyl groups excluding tert-OH is 1. The van der Waals surface area contributed by atoms with Crippen molar-refractivity contribution in [1.29, 1.82) is 0 Å². The second-order valence-corrected chi connectivity index (χ2v) is 5.89. The van der Waals surface area contributed by atoms with Crippen molar-refractivity contribution in [3.63, 3.8) is 0 Å². The average Bonchev–Trinajstić information content (AvgIpc) is 2.75. The van der Waals surface area contributed by atoms with Crippen LogP contribution in [0.2, 0.25) is 5.15 Å². The molecule has 1 aliphatic rings. The predicted octanol–water partition coefficient (Wildman–Crippen LogP) is 1.82. The fourth-order valence-corrected chi connectivity index (χ4v) is 3.05. The van der Waals surface area contributed by atoms with Gasteiger partial charge in [-0.25, -0.2) is 0 Å². The van der Waals surface area contributed by atoms with E-state index in [9.17, 15) is 5.11 Å². The monoisotopic (exact) mass is 291 g/mol. The number of aliphatic hydroxyl groups is 1. The number of halogens is 1. The maximum Gasteiger partial charge on any atom is 0.131 e. The zero-order valence-corrected chi connectivity index (χ0v) is 12.2. The summed E-state index contributed by atoms with van der Waals surface area (Å²) in [7, 11) is 1.84. The van der Waals surface area contributed by atoms with Gasteiger partial charge in [0.05, 0.1) is 12.8 Å². The van der Waals surface area contributed by atoms with Crippen LogP contribution < -0.4 is 0 Å². The Bertz CT molecular complexity index is 590. The summed E-state index contributed by atoms with van der Waals surface area (Å²) in [5, 5.41) is 14.6. The largest absolute Gasteiger partial charge is 0.395 e. The third-order valence-corrected chi connectivity index (χ3v) is 4.56. The van der Waals surface area contributed by atoms with Gasteiger partial charge in [0, 0.05) is 37.7 Å². The van der Waals surface area contributed by atoms with E-state index < -0.39 is 0 Å². The molecule has 2 heterocycles. The Kier molecular flexibility index (Phi) is 3.54. The molecule has 0 amide bonds. The zero-order chi connectivity index (χ0) is 14.2. The lowest BCUT2D eigenvalue weighted by molar-refractivity contribution is 0.0140. The van der Waals surface area contributed by atoms with E-state index in [0.717, 1.165) is 25.2 Å². The van der Waals surface area contributed by atoms with Crippen molar-refractivity contribution in [2.75, 3.05) is 19.7 Å². The molecule has 4 nitrogen and oxygen atoms in total. The summed E-state index contributed by atoms with van der Waals surface area (Å²) < 4.78 is 1.67. The Morgan fingerprint density at radius 1 is 1.30 bits per heavy atom. The first-order valence-electron chi connectivity index (χ1n) is 6.70. The summed E-state index contributed by atoms with van der Waals surface area (Å²) in [5.41, 5.74) is 2.11. The molecule has 0 bridgehead atoms. The summed E-state index contributed by atoms with van der Waals surface area (Å²) >= 11 is 6.18. The minimum absolute atomic E-state index is 0.129. The van der Waals surface area contributed by atoms with Crippen LogP contribution in [0.5, 0.6) is 0 Å². The van der Waals surface area contributed by atoms with Gasteiger partial charge in [-0.2, -0.15) is 5.10 Å². The van der Waals surface area contributed by atoms with Crippen LogP contribution in [0.1, 0.15) is 11.1 Å². The van der Waals surface area contributed by atoms with E-state index in [0.29, 0.717) is 5.15 Å². The highest BCUT2D eigenvalue weighted by Crippen LogP contribution is 2.35. The Morgan fingerprint density at radius 3 is 2.55 bits per heavy atom. The van der Waals surface area contributed by atoms with Crippen molar-refractivity contribution >= 4 is 11.6 Å². The third-order valence-electron chi connectivity index (χ3n) is 4.07. The SMILES string of the molecule is Cn1ncc(CN2CC(CO)(c3ccccc3)C2)c1Cl. The van der Waals surface area contributed by atoms with E-state index >= 15 is 0 Å². The van der Waals surface area contributed by atoms with Crippen molar-refractivity contribution in [1.82, 2.24) is 14.7 Å². The quantitative estimate of drug-likeness (QED) is 0.934. The van der Waals surface area contributed by atoms with Crippen LogP contribution in [0.25, 0.3) is 0 Å². The highest BCUT2D eigenvalue weighted by Gasteiger charge is 2.43. The highest BCUT2D eigenvalue weighted by atomic mass is 35.5. The molecule has 0 spiro atoms. The number of hydrogen-bond donors (Lipinski definition) is 1. The van der Waals surface area contributed by atoms with Gasteiger partial charge < -0.3 is 5.11 Å². The van der Waals surface area contributed by atoms with Gasteiger partial charge in [-0.1, -0.05) is 41.9 Å². The van der Waals surface area contributed by atoms with Crippen LogP contribution in [-0.2, 0) is 19.0 Å². The summed E-state index contributed by atoms with van der Waals surface area (Å²) in [5.74, 6) is 0. The second kappa shape index (κ2) is 5.20. The van der Waals surface area contributed by atoms with E-state index in [-0.39, 0.29) is 12.0 Å². The van der Waals surface area contributed by atoms with Gasteiger partial charge in [-0.05, 0) is 5.56 Å². The molecule has 2 aromatic rings. The zero-order valence-electron chi connectivity index (χ0n) is 11.5. The molecule has 5 heteroatoms. The first-order chi connectivity index (χ1) is 9.64. The lowest BCUT2D eigenvalue weighted by Crippen LogP contribution is -2.60. The van der Waals surface area contributed by atoms with Crippen molar-refractivity contribution < 1.29 is 5.11 Å². The predicted molar refractivity (Wildman–Crippen MR) is 78.7 cm³/mol. The molecule has 3 rings (SSSR count). The van der Waals surface area contributed by atoms with Crippen molar-refractivity contribution in [3.8, 4) is 0 Å². The second-order valence-electron chi connectivity index (χ2n) is 5.53. The first-order valence-corrected chi connectivity index (χ1v) is 7.07. The molecular formula is C15H18ClN3O. The number of aromatic nitrogens is 2. The molecule has 106 valence electrons. The fourth-order valence-electron chi connectivity index (χ4n) is 2.90. The Balaban J connectivity index is 1.69. The topological polar surface area (TPSA) is 41.3 Å². The van der Waals surface area contributed by atoms with Crippen molar-refractivity contribution in [2.45, 2.75) is 12.0 Å². The molecule has 1 aromatic carbocycles. The lowest BCUT2D eigenvalue weighted by atomic mass is 9.74. The van der Waals surface area contributed by atoms with E-state index in [1.807, 2.05) is 31.4 Å². The van der Waals surface area contributed by atoms with E-state index in [4.69, 9.17) is 11.6 Å². The molecule has 0 saturated carbocycles. The summed E-state index contributed by atoms with van der Waals surface area (Å²) in [6.07, 6.45) is 1.81. The van der Waals surface area contributed by atoms with E-state index in [2.05, 4.69) is 22.1 Å². The minimum atomic E-state index is -0.129. The van der Waals surface area contributed by atoms with Crippen LogP contribution in [0.3, 0.4) is 0 Å². The number of rotatable bonds is 4. The van der Waals surface area contributed by atoms with Crippen LogP contribution in [0, 0.1) is 0 Å². The normalized spacial score (nSPS) is 17.9. The molecule has 0 unspecified atom stereocenters. The highest BCUT2D eigenvalue weighted by molar-refractivity contribution is 6.30. The molecule has 20 heavy (non-hydrogen) atoms. The van der Waals surface area contributed by atoms with Crippen LogP contribution in [-0.4, -0.2) is 39.5 Å². The molecule has 0 aliphatic carbocycles. The third kappa shape index (κ3) is 2.24. The standard InChI is InChI=1S/C15H18ClN3O/c1-18-14(16)12(7-17-18)8-19-9-15(10-19,11-20)13-5-3-2-4-6-13/h2-7,20H,8-11H2,1H3. The molecule has 1 saturated heterocycles.